The van der Waals surface area contributed by atoms with Crippen molar-refractivity contribution in [3.63, 3.8) is 0 Å². The van der Waals surface area contributed by atoms with Crippen LogP contribution in [0.15, 0.2) is 84.9 Å². The Hall–Kier alpha value is -3.10. The Morgan fingerprint density at radius 1 is 0.750 bits per heavy atom. The quantitative estimate of drug-likeness (QED) is 0.343. The molecule has 0 saturated carbocycles. The lowest BCUT2D eigenvalue weighted by atomic mass is 10.1. The average molecular weight is 386 g/mol. The van der Waals surface area contributed by atoms with Crippen molar-refractivity contribution >= 4 is 34.7 Å². The molecular formula is C25H20ClNO. The van der Waals surface area contributed by atoms with E-state index >= 15 is 0 Å². The van der Waals surface area contributed by atoms with Crippen LogP contribution in [0.1, 0.15) is 22.4 Å². The number of nitrogens with zero attached hydrogens (tertiary/aromatic N) is 1. The minimum absolute atomic E-state index is 0.492. The Balaban J connectivity index is 1.41. The summed E-state index contributed by atoms with van der Waals surface area (Å²) in [7, 11) is 0. The first kappa shape index (κ1) is 18.3. The molecule has 0 saturated heterocycles. The number of pyridine rings is 1. The van der Waals surface area contributed by atoms with Gasteiger partial charge in [-0.2, -0.15) is 0 Å². The average Bonchev–Trinajstić information content (AvgIpc) is 2.77. The molecule has 0 atom stereocenters. The second-order valence-corrected chi connectivity index (χ2v) is 6.79. The van der Waals surface area contributed by atoms with Gasteiger partial charge in [0, 0.05) is 11.3 Å². The van der Waals surface area contributed by atoms with Crippen LogP contribution < -0.4 is 4.74 Å². The summed E-state index contributed by atoms with van der Waals surface area (Å²) in [6.45, 7) is 0.513. The maximum Gasteiger partial charge on any atom is 0.119 e. The molecule has 3 aromatic carbocycles. The Morgan fingerprint density at radius 2 is 1.50 bits per heavy atom. The molecule has 1 aromatic heterocycles. The molecule has 0 amide bonds. The van der Waals surface area contributed by atoms with E-state index in [1.807, 2.05) is 78.9 Å². The molecule has 4 rings (SSSR count). The summed E-state index contributed by atoms with van der Waals surface area (Å²) >= 11 is 5.98. The molecule has 0 spiro atoms. The summed E-state index contributed by atoms with van der Waals surface area (Å²) in [5.41, 5.74) is 5.27. The predicted molar refractivity (Wildman–Crippen MR) is 117 cm³/mol. The highest BCUT2D eigenvalue weighted by Crippen LogP contribution is 2.19. The first-order valence-electron chi connectivity index (χ1n) is 9.21. The zero-order valence-electron chi connectivity index (χ0n) is 15.4. The zero-order chi connectivity index (χ0) is 19.2. The highest BCUT2D eigenvalue weighted by Gasteiger charge is 2.02. The number of hydrogen-bond donors (Lipinski definition) is 0. The van der Waals surface area contributed by atoms with Gasteiger partial charge in [0.05, 0.1) is 11.2 Å². The highest BCUT2D eigenvalue weighted by molar-refractivity contribution is 6.17. The molecule has 0 fully saturated rings. The maximum absolute atomic E-state index is 5.98. The van der Waals surface area contributed by atoms with E-state index in [0.717, 1.165) is 39.0 Å². The van der Waals surface area contributed by atoms with Crippen molar-refractivity contribution in [3.8, 4) is 5.75 Å². The van der Waals surface area contributed by atoms with Crippen LogP contribution >= 0.6 is 11.6 Å². The fourth-order valence-electron chi connectivity index (χ4n) is 3.02. The van der Waals surface area contributed by atoms with Crippen LogP contribution in [0.3, 0.4) is 0 Å². The number of alkyl halides is 1. The number of para-hydroxylation sites is 1. The SMILES string of the molecule is ClCc1ccccc1COc1ccc(/C=C/c2ccc3ccccc3n2)cc1. The first-order chi connectivity index (χ1) is 13.8. The molecule has 1 heterocycles. The summed E-state index contributed by atoms with van der Waals surface area (Å²) in [5, 5.41) is 1.15. The molecule has 0 unspecified atom stereocenters. The minimum atomic E-state index is 0.492. The van der Waals surface area contributed by atoms with Crippen molar-refractivity contribution < 1.29 is 4.74 Å². The van der Waals surface area contributed by atoms with Gasteiger partial charge in [-0.3, -0.25) is 0 Å². The summed E-state index contributed by atoms with van der Waals surface area (Å²) < 4.78 is 5.91. The Morgan fingerprint density at radius 3 is 2.32 bits per heavy atom. The van der Waals surface area contributed by atoms with Crippen LogP contribution in [-0.2, 0) is 12.5 Å². The second kappa shape index (κ2) is 8.73. The van der Waals surface area contributed by atoms with Crippen LogP contribution in [0.5, 0.6) is 5.75 Å². The molecule has 138 valence electrons. The third-order valence-corrected chi connectivity index (χ3v) is 4.89. The van der Waals surface area contributed by atoms with Gasteiger partial charge in [0.1, 0.15) is 12.4 Å². The minimum Gasteiger partial charge on any atom is -0.489 e. The van der Waals surface area contributed by atoms with E-state index < -0.39 is 0 Å². The molecule has 3 heteroatoms. The van der Waals surface area contributed by atoms with Crippen LogP contribution in [0.4, 0.5) is 0 Å². The van der Waals surface area contributed by atoms with Crippen LogP contribution in [0, 0.1) is 0 Å². The molecule has 0 aliphatic heterocycles. The van der Waals surface area contributed by atoms with Gasteiger partial charge < -0.3 is 4.74 Å². The van der Waals surface area contributed by atoms with Gasteiger partial charge in [-0.25, -0.2) is 4.98 Å². The molecule has 0 bridgehead atoms. The van der Waals surface area contributed by atoms with Crippen LogP contribution in [-0.4, -0.2) is 4.98 Å². The monoisotopic (exact) mass is 385 g/mol. The molecule has 0 radical (unpaired) electrons. The normalized spacial score (nSPS) is 11.2. The van der Waals surface area contributed by atoms with Gasteiger partial charge in [0.25, 0.3) is 0 Å². The summed E-state index contributed by atoms with van der Waals surface area (Å²) in [6, 6.07) is 28.4. The van der Waals surface area contributed by atoms with E-state index in [1.165, 1.54) is 0 Å². The Kier molecular flexibility index (Phi) is 5.69. The largest absolute Gasteiger partial charge is 0.489 e. The molecular weight excluding hydrogens is 366 g/mol. The number of ether oxygens (including phenoxy) is 1. The summed E-state index contributed by atoms with van der Waals surface area (Å²) in [4.78, 5) is 4.66. The predicted octanol–water partition coefficient (Wildman–Crippen LogP) is 6.72. The third-order valence-electron chi connectivity index (χ3n) is 4.60. The van der Waals surface area contributed by atoms with E-state index in [2.05, 4.69) is 23.2 Å². The van der Waals surface area contributed by atoms with E-state index in [1.54, 1.807) is 0 Å². The lowest BCUT2D eigenvalue weighted by molar-refractivity contribution is 0.305. The van der Waals surface area contributed by atoms with Gasteiger partial charge in [-0.05, 0) is 47.0 Å². The Bertz CT molecular complexity index is 1100. The van der Waals surface area contributed by atoms with Gasteiger partial charge in [-0.15, -0.1) is 11.6 Å². The highest BCUT2D eigenvalue weighted by atomic mass is 35.5. The van der Waals surface area contributed by atoms with Crippen molar-refractivity contribution in [2.75, 3.05) is 0 Å². The molecule has 4 aromatic rings. The third kappa shape index (κ3) is 4.41. The fraction of sp³-hybridized carbons (Fsp3) is 0.0800. The molecule has 0 N–H and O–H groups in total. The van der Waals surface area contributed by atoms with Crippen molar-refractivity contribution in [2.24, 2.45) is 0 Å². The van der Waals surface area contributed by atoms with Crippen molar-refractivity contribution in [2.45, 2.75) is 12.5 Å². The smallest absolute Gasteiger partial charge is 0.119 e. The number of fused-ring (bicyclic) bond motifs is 1. The lowest BCUT2D eigenvalue weighted by Crippen LogP contribution is -1.98. The van der Waals surface area contributed by atoms with E-state index in [-0.39, 0.29) is 0 Å². The van der Waals surface area contributed by atoms with Crippen molar-refractivity contribution in [1.29, 1.82) is 0 Å². The van der Waals surface area contributed by atoms with Crippen molar-refractivity contribution in [3.05, 3.63) is 107 Å². The number of aromatic nitrogens is 1. The lowest BCUT2D eigenvalue weighted by Gasteiger charge is -2.09. The van der Waals surface area contributed by atoms with Gasteiger partial charge >= 0.3 is 0 Å². The first-order valence-corrected chi connectivity index (χ1v) is 9.75. The topological polar surface area (TPSA) is 22.1 Å². The number of halogens is 1. The number of hydrogen-bond acceptors (Lipinski definition) is 2. The zero-order valence-corrected chi connectivity index (χ0v) is 16.1. The van der Waals surface area contributed by atoms with Gasteiger partial charge in [0.15, 0.2) is 0 Å². The molecule has 28 heavy (non-hydrogen) atoms. The van der Waals surface area contributed by atoms with E-state index in [0.29, 0.717) is 12.5 Å². The van der Waals surface area contributed by atoms with Crippen LogP contribution in [0.2, 0.25) is 0 Å². The van der Waals surface area contributed by atoms with Crippen molar-refractivity contribution in [1.82, 2.24) is 4.98 Å². The molecule has 0 aliphatic carbocycles. The van der Waals surface area contributed by atoms with Crippen LogP contribution in [0.25, 0.3) is 23.1 Å². The fourth-order valence-corrected chi connectivity index (χ4v) is 3.28. The maximum atomic E-state index is 5.98. The summed E-state index contributed by atoms with van der Waals surface area (Å²) in [5.74, 6) is 1.33. The van der Waals surface area contributed by atoms with E-state index in [9.17, 15) is 0 Å². The van der Waals surface area contributed by atoms with E-state index in [4.69, 9.17) is 16.3 Å². The summed E-state index contributed by atoms with van der Waals surface area (Å²) in [6.07, 6.45) is 4.09. The Labute approximate surface area is 170 Å². The molecule has 2 nitrogen and oxygen atoms in total. The second-order valence-electron chi connectivity index (χ2n) is 6.52. The number of rotatable bonds is 6. The number of benzene rings is 3. The molecule has 0 aliphatic rings. The van der Waals surface area contributed by atoms with Gasteiger partial charge in [-0.1, -0.05) is 66.7 Å². The van der Waals surface area contributed by atoms with Gasteiger partial charge in [0.2, 0.25) is 0 Å². The standard InChI is InChI=1S/C25H20ClNO/c26-17-21-6-1-2-7-22(21)18-28-24-15-10-19(11-16-24)9-13-23-14-12-20-5-3-4-8-25(20)27-23/h1-16H,17-18H2/b13-9+.